The third-order valence-corrected chi connectivity index (χ3v) is 6.30. The zero-order valence-electron chi connectivity index (χ0n) is 19.3. The lowest BCUT2D eigenvalue weighted by Crippen LogP contribution is -2.48. The van der Waals surface area contributed by atoms with Gasteiger partial charge in [-0.05, 0) is 24.2 Å². The van der Waals surface area contributed by atoms with Crippen molar-refractivity contribution in [2.75, 3.05) is 64.4 Å². The minimum Gasteiger partial charge on any atom is -0.370 e. The summed E-state index contributed by atoms with van der Waals surface area (Å²) < 4.78 is 22.6. The van der Waals surface area contributed by atoms with Crippen molar-refractivity contribution < 1.29 is 9.13 Å². The molecule has 0 aliphatic carbocycles. The first-order valence-electron chi connectivity index (χ1n) is 11.4. The lowest BCUT2D eigenvalue weighted by Gasteiger charge is -2.35. The van der Waals surface area contributed by atoms with E-state index in [0.717, 1.165) is 56.4 Å². The largest absolute Gasteiger partial charge is 0.370 e. The van der Waals surface area contributed by atoms with Crippen LogP contribution in [-0.4, -0.2) is 85.0 Å². The predicted molar refractivity (Wildman–Crippen MR) is 124 cm³/mol. The number of nitrogens with one attached hydrogen (secondary N) is 1. The zero-order chi connectivity index (χ0) is 22.5. The molecule has 0 saturated carbocycles. The molecule has 0 amide bonds. The minimum absolute atomic E-state index is 0.0408. The minimum atomic E-state index is -0.160. The quantitative estimate of drug-likeness (QED) is 0.562. The maximum atomic E-state index is 14.9. The first-order chi connectivity index (χ1) is 15.6. The smallest absolute Gasteiger partial charge is 0.194 e. The molecule has 1 unspecified atom stereocenters. The van der Waals surface area contributed by atoms with Crippen LogP contribution in [0.3, 0.4) is 0 Å². The molecule has 32 heavy (non-hydrogen) atoms. The summed E-state index contributed by atoms with van der Waals surface area (Å²) >= 11 is 0. The van der Waals surface area contributed by atoms with E-state index in [2.05, 4.69) is 37.0 Å². The van der Waals surface area contributed by atoms with Gasteiger partial charge in [-0.1, -0.05) is 13.0 Å². The molecule has 0 radical (unpaired) electrons. The highest BCUT2D eigenvalue weighted by Crippen LogP contribution is 2.23. The van der Waals surface area contributed by atoms with Crippen LogP contribution in [0.4, 0.5) is 10.1 Å². The van der Waals surface area contributed by atoms with Crippen molar-refractivity contribution in [1.29, 1.82) is 0 Å². The summed E-state index contributed by atoms with van der Waals surface area (Å²) in [5.74, 6) is 0.634. The van der Waals surface area contributed by atoms with Crippen molar-refractivity contribution in [1.82, 2.24) is 24.9 Å². The summed E-state index contributed by atoms with van der Waals surface area (Å²) in [4.78, 5) is 11.2. The van der Waals surface area contributed by atoms with Crippen molar-refractivity contribution in [3.8, 4) is 0 Å². The number of morpholine rings is 1. The van der Waals surface area contributed by atoms with Crippen LogP contribution in [0.5, 0.6) is 0 Å². The van der Waals surface area contributed by atoms with Crippen LogP contribution in [0.15, 0.2) is 35.6 Å². The second-order valence-electron chi connectivity index (χ2n) is 8.36. The molecule has 1 aromatic heterocycles. The summed E-state index contributed by atoms with van der Waals surface area (Å²) in [5, 5.41) is 7.63. The highest BCUT2D eigenvalue weighted by molar-refractivity contribution is 5.80. The fourth-order valence-electron chi connectivity index (χ4n) is 4.38. The Morgan fingerprint density at radius 2 is 2.06 bits per heavy atom. The van der Waals surface area contributed by atoms with Gasteiger partial charge in [0.2, 0.25) is 0 Å². The molecule has 8 nitrogen and oxygen atoms in total. The number of likely N-dealkylation sites (N-methyl/N-ethyl adjacent to an activating group) is 1. The maximum Gasteiger partial charge on any atom is 0.194 e. The van der Waals surface area contributed by atoms with E-state index in [1.807, 2.05) is 31.6 Å². The van der Waals surface area contributed by atoms with Gasteiger partial charge in [0.25, 0.3) is 0 Å². The molecule has 2 aliphatic rings. The number of hydrogen-bond donors (Lipinski definition) is 1. The van der Waals surface area contributed by atoms with Crippen LogP contribution < -0.4 is 10.2 Å². The highest BCUT2D eigenvalue weighted by Gasteiger charge is 2.25. The molecule has 3 heterocycles. The Balaban J connectivity index is 1.34. The third-order valence-electron chi connectivity index (χ3n) is 6.30. The first-order valence-corrected chi connectivity index (χ1v) is 11.4. The van der Waals surface area contributed by atoms with Gasteiger partial charge in [0.1, 0.15) is 11.9 Å². The van der Waals surface area contributed by atoms with Crippen molar-refractivity contribution in [3.63, 3.8) is 0 Å². The van der Waals surface area contributed by atoms with E-state index in [1.165, 1.54) is 0 Å². The number of halogens is 1. The van der Waals surface area contributed by atoms with Gasteiger partial charge in [0.05, 0.1) is 25.0 Å². The number of hydrogen-bond acceptors (Lipinski definition) is 5. The Morgan fingerprint density at radius 3 is 2.72 bits per heavy atom. The van der Waals surface area contributed by atoms with E-state index in [0.29, 0.717) is 25.4 Å². The Morgan fingerprint density at radius 1 is 1.25 bits per heavy atom. The second-order valence-corrected chi connectivity index (χ2v) is 8.36. The van der Waals surface area contributed by atoms with E-state index in [9.17, 15) is 4.39 Å². The number of aliphatic imine (C=N–C) groups is 1. The van der Waals surface area contributed by atoms with Crippen LogP contribution in [0.2, 0.25) is 0 Å². The van der Waals surface area contributed by atoms with Crippen molar-refractivity contribution in [3.05, 3.63) is 47.5 Å². The lowest BCUT2D eigenvalue weighted by molar-refractivity contribution is -0.00805. The molecule has 0 bridgehead atoms. The van der Waals surface area contributed by atoms with E-state index >= 15 is 0 Å². The summed E-state index contributed by atoms with van der Waals surface area (Å²) in [5.41, 5.74) is 2.66. The van der Waals surface area contributed by atoms with Crippen molar-refractivity contribution in [2.45, 2.75) is 19.6 Å². The fourth-order valence-corrected chi connectivity index (χ4v) is 4.38. The monoisotopic (exact) mass is 443 g/mol. The average molecular weight is 444 g/mol. The van der Waals surface area contributed by atoms with Crippen LogP contribution in [0.25, 0.3) is 0 Å². The lowest BCUT2D eigenvalue weighted by atomic mass is 10.1. The average Bonchev–Trinajstić information content (AvgIpc) is 3.26. The molecular weight excluding hydrogens is 409 g/mol. The molecule has 9 heteroatoms. The molecule has 1 N–H and O–H groups in total. The number of piperazine rings is 1. The Labute approximate surface area is 189 Å². The summed E-state index contributed by atoms with van der Waals surface area (Å²) in [7, 11) is 3.68. The van der Waals surface area contributed by atoms with Gasteiger partial charge < -0.3 is 24.8 Å². The fraction of sp³-hybridized carbons (Fsp3) is 0.565. The first kappa shape index (κ1) is 22.5. The molecule has 2 saturated heterocycles. The van der Waals surface area contributed by atoms with Crippen LogP contribution in [-0.2, 0) is 18.3 Å². The molecule has 2 aliphatic heterocycles. The van der Waals surface area contributed by atoms with Gasteiger partial charge in [0.15, 0.2) is 5.96 Å². The number of aromatic nitrogens is 2. The standard InChI is InChI=1S/C23H34FN7O/c1-4-29-7-9-30(10-8-29)21-6-5-18(13-20(21)24)14-26-23(25-2)31-11-12-32-22(17-31)19-15-27-28(3)16-19/h5-6,13,15-16,22H,4,7-12,14,17H2,1-3H3,(H,25,26). The van der Waals surface area contributed by atoms with Gasteiger partial charge in [-0.2, -0.15) is 5.10 Å². The zero-order valence-corrected chi connectivity index (χ0v) is 19.3. The van der Waals surface area contributed by atoms with E-state index < -0.39 is 0 Å². The van der Waals surface area contributed by atoms with E-state index in [-0.39, 0.29) is 11.9 Å². The third kappa shape index (κ3) is 5.21. The van der Waals surface area contributed by atoms with E-state index in [4.69, 9.17) is 4.74 Å². The predicted octanol–water partition coefficient (Wildman–Crippen LogP) is 1.85. The number of guanidine groups is 1. The molecule has 1 aromatic carbocycles. The molecule has 4 rings (SSSR count). The molecule has 1 atom stereocenters. The number of ether oxygens (including phenoxy) is 1. The number of rotatable bonds is 5. The molecule has 2 aromatic rings. The van der Waals surface area contributed by atoms with Gasteiger partial charge in [0, 0.05) is 65.1 Å². The van der Waals surface area contributed by atoms with Crippen molar-refractivity contribution in [2.24, 2.45) is 12.0 Å². The summed E-state index contributed by atoms with van der Waals surface area (Å²) in [6.45, 7) is 9.50. The van der Waals surface area contributed by atoms with Crippen LogP contribution in [0.1, 0.15) is 24.2 Å². The van der Waals surface area contributed by atoms with Gasteiger partial charge in [-0.15, -0.1) is 0 Å². The van der Waals surface area contributed by atoms with Gasteiger partial charge >= 0.3 is 0 Å². The normalized spacial score (nSPS) is 20.6. The Hall–Kier alpha value is -2.65. The molecular formula is C23H34FN7O. The Kier molecular flexibility index (Phi) is 7.26. The molecule has 0 spiro atoms. The maximum absolute atomic E-state index is 14.9. The highest BCUT2D eigenvalue weighted by atomic mass is 19.1. The number of nitrogens with zero attached hydrogens (tertiary/aromatic N) is 6. The number of aryl methyl sites for hydroxylation is 1. The Bertz CT molecular complexity index is 923. The SMILES string of the molecule is CCN1CCN(c2ccc(CNC(=NC)N3CCOC(c4cnn(C)c4)C3)cc2F)CC1. The van der Waals surface area contributed by atoms with Crippen molar-refractivity contribution >= 4 is 11.6 Å². The molecule has 174 valence electrons. The second kappa shape index (κ2) is 10.3. The van der Waals surface area contributed by atoms with Crippen LogP contribution >= 0.6 is 0 Å². The van der Waals surface area contributed by atoms with Gasteiger partial charge in [-0.3, -0.25) is 9.67 Å². The summed E-state index contributed by atoms with van der Waals surface area (Å²) in [6, 6.07) is 5.55. The van der Waals surface area contributed by atoms with E-state index in [1.54, 1.807) is 17.8 Å². The van der Waals surface area contributed by atoms with Gasteiger partial charge in [-0.25, -0.2) is 4.39 Å². The number of benzene rings is 1. The molecule has 2 fully saturated rings. The topological polar surface area (TPSA) is 61.2 Å². The van der Waals surface area contributed by atoms with Crippen LogP contribution in [0, 0.1) is 5.82 Å². The number of anilines is 1. The summed E-state index contributed by atoms with van der Waals surface area (Å²) in [6.07, 6.45) is 3.79.